The molecule has 1 heterocycles. The Morgan fingerprint density at radius 1 is 1.19 bits per heavy atom. The van der Waals surface area contributed by atoms with Crippen molar-refractivity contribution in [2.45, 2.75) is 30.9 Å². The molecule has 2 rings (SSSR count). The van der Waals surface area contributed by atoms with Crippen LogP contribution in [0.1, 0.15) is 31.0 Å². The number of thiol groups is 1. The van der Waals surface area contributed by atoms with E-state index in [9.17, 15) is 0 Å². The monoisotopic (exact) mass is 249 g/mol. The molecule has 0 aliphatic rings. The van der Waals surface area contributed by atoms with E-state index in [0.29, 0.717) is 5.92 Å². The van der Waals surface area contributed by atoms with Crippen molar-refractivity contribution in [3.63, 3.8) is 0 Å². The quantitative estimate of drug-likeness (QED) is 0.771. The molecule has 1 aromatic heterocycles. The third kappa shape index (κ3) is 2.30. The van der Waals surface area contributed by atoms with Gasteiger partial charge in [0.15, 0.2) is 0 Å². The fourth-order valence-corrected chi connectivity index (χ4v) is 2.64. The zero-order valence-corrected chi connectivity index (χ0v) is 11.4. The van der Waals surface area contributed by atoms with Crippen molar-refractivity contribution in [3.8, 4) is 10.6 Å². The lowest BCUT2D eigenvalue weighted by Gasteiger charge is -2.05. The lowest BCUT2D eigenvalue weighted by Crippen LogP contribution is -1.86. The maximum Gasteiger partial charge on any atom is 0.124 e. The van der Waals surface area contributed by atoms with E-state index >= 15 is 0 Å². The fourth-order valence-electron chi connectivity index (χ4n) is 1.52. The van der Waals surface area contributed by atoms with E-state index < -0.39 is 0 Å². The molecule has 2 aromatic rings. The van der Waals surface area contributed by atoms with Gasteiger partial charge < -0.3 is 0 Å². The minimum absolute atomic E-state index is 0.576. The van der Waals surface area contributed by atoms with Crippen molar-refractivity contribution >= 4 is 24.0 Å². The van der Waals surface area contributed by atoms with E-state index in [-0.39, 0.29) is 0 Å². The predicted octanol–water partition coefficient (Wildman–Crippen LogP) is 4.53. The van der Waals surface area contributed by atoms with Crippen molar-refractivity contribution in [1.29, 1.82) is 0 Å². The summed E-state index contributed by atoms with van der Waals surface area (Å²) in [7, 11) is 0. The molecule has 0 aliphatic carbocycles. The first-order valence-corrected chi connectivity index (χ1v) is 6.61. The molecule has 1 aromatic carbocycles. The normalized spacial score (nSPS) is 11.1. The number of benzene rings is 1. The maximum atomic E-state index is 4.50. The van der Waals surface area contributed by atoms with Gasteiger partial charge in [0.25, 0.3) is 0 Å². The molecule has 0 fully saturated rings. The first-order valence-electron chi connectivity index (χ1n) is 5.34. The highest BCUT2D eigenvalue weighted by molar-refractivity contribution is 7.83. The molecule has 0 spiro atoms. The Labute approximate surface area is 106 Å². The molecule has 0 amide bonds. The van der Waals surface area contributed by atoms with Gasteiger partial charge in [0.1, 0.15) is 5.01 Å². The molecule has 0 N–H and O–H groups in total. The van der Waals surface area contributed by atoms with Crippen LogP contribution in [0.4, 0.5) is 0 Å². The molecule has 0 saturated carbocycles. The summed E-state index contributed by atoms with van der Waals surface area (Å²) in [4.78, 5) is 4.50. The number of aromatic nitrogens is 1. The highest BCUT2D eigenvalue weighted by Gasteiger charge is 2.07. The van der Waals surface area contributed by atoms with E-state index in [2.05, 4.69) is 55.7 Å². The fraction of sp³-hybridized carbons (Fsp3) is 0.308. The number of nitrogens with zero attached hydrogens (tertiary/aromatic N) is 1. The van der Waals surface area contributed by atoms with E-state index in [0.717, 1.165) is 14.9 Å². The lowest BCUT2D eigenvalue weighted by atomic mass is 10.0. The molecular formula is C13H15NS2. The first kappa shape index (κ1) is 11.7. The Morgan fingerprint density at radius 2 is 1.81 bits per heavy atom. The largest absolute Gasteiger partial charge is 0.240 e. The van der Waals surface area contributed by atoms with Crippen LogP contribution >= 0.6 is 24.0 Å². The van der Waals surface area contributed by atoms with Gasteiger partial charge in [0, 0.05) is 5.56 Å². The van der Waals surface area contributed by atoms with Crippen LogP contribution in [0.3, 0.4) is 0 Å². The van der Waals surface area contributed by atoms with E-state index in [1.54, 1.807) is 11.3 Å². The SMILES string of the molecule is Cc1nc(-c2ccc(C(C)C)cc2)sc1S. The van der Waals surface area contributed by atoms with Gasteiger partial charge in [-0.25, -0.2) is 4.98 Å². The topological polar surface area (TPSA) is 12.9 Å². The summed E-state index contributed by atoms with van der Waals surface area (Å²) < 4.78 is 1.00. The van der Waals surface area contributed by atoms with Crippen LogP contribution in [-0.4, -0.2) is 4.98 Å². The highest BCUT2D eigenvalue weighted by atomic mass is 32.2. The average molecular weight is 249 g/mol. The average Bonchev–Trinajstić information content (AvgIpc) is 2.59. The number of hydrogen-bond acceptors (Lipinski definition) is 3. The Kier molecular flexibility index (Phi) is 3.36. The standard InChI is InChI=1S/C13H15NS2/c1-8(2)10-4-6-11(7-5-10)12-14-9(3)13(15)16-12/h4-8,15H,1-3H3. The smallest absolute Gasteiger partial charge is 0.124 e. The summed E-state index contributed by atoms with van der Waals surface area (Å²) in [5.41, 5.74) is 3.55. The van der Waals surface area contributed by atoms with Gasteiger partial charge in [0.05, 0.1) is 9.90 Å². The summed E-state index contributed by atoms with van der Waals surface area (Å²) in [5, 5.41) is 1.05. The Balaban J connectivity index is 2.34. The van der Waals surface area contributed by atoms with Crippen LogP contribution in [0.15, 0.2) is 28.5 Å². The van der Waals surface area contributed by atoms with Crippen molar-refractivity contribution in [2.75, 3.05) is 0 Å². The van der Waals surface area contributed by atoms with Crippen LogP contribution in [0.25, 0.3) is 10.6 Å². The number of thiazole rings is 1. The number of rotatable bonds is 2. The zero-order chi connectivity index (χ0) is 11.7. The molecule has 84 valence electrons. The molecule has 0 unspecified atom stereocenters. The third-order valence-corrected chi connectivity index (χ3v) is 4.20. The zero-order valence-electron chi connectivity index (χ0n) is 9.69. The van der Waals surface area contributed by atoms with Gasteiger partial charge in [-0.15, -0.1) is 24.0 Å². The third-order valence-electron chi connectivity index (χ3n) is 2.60. The molecule has 0 aliphatic heterocycles. The minimum Gasteiger partial charge on any atom is -0.240 e. The van der Waals surface area contributed by atoms with E-state index in [1.165, 1.54) is 11.1 Å². The van der Waals surface area contributed by atoms with Crippen LogP contribution < -0.4 is 0 Å². The summed E-state index contributed by atoms with van der Waals surface area (Å²) in [6, 6.07) is 8.63. The maximum absolute atomic E-state index is 4.50. The summed E-state index contributed by atoms with van der Waals surface area (Å²) >= 11 is 6.01. The summed E-state index contributed by atoms with van der Waals surface area (Å²) in [5.74, 6) is 0.576. The van der Waals surface area contributed by atoms with Gasteiger partial charge in [0.2, 0.25) is 0 Å². The summed E-state index contributed by atoms with van der Waals surface area (Å²) in [6.45, 7) is 6.40. The lowest BCUT2D eigenvalue weighted by molar-refractivity contribution is 0.867. The molecule has 1 nitrogen and oxygen atoms in total. The Bertz CT molecular complexity index is 464. The molecule has 3 heteroatoms. The van der Waals surface area contributed by atoms with Gasteiger partial charge in [-0.3, -0.25) is 0 Å². The highest BCUT2D eigenvalue weighted by Crippen LogP contribution is 2.30. The molecule has 0 saturated heterocycles. The second-order valence-corrected chi connectivity index (χ2v) is 5.94. The van der Waals surface area contributed by atoms with Crippen molar-refractivity contribution in [1.82, 2.24) is 4.98 Å². The van der Waals surface area contributed by atoms with E-state index in [4.69, 9.17) is 0 Å². The second kappa shape index (κ2) is 4.60. The molecule has 0 atom stereocenters. The van der Waals surface area contributed by atoms with Crippen molar-refractivity contribution in [3.05, 3.63) is 35.5 Å². The van der Waals surface area contributed by atoms with Crippen LogP contribution in [-0.2, 0) is 0 Å². The Hall–Kier alpha value is -0.800. The molecule has 16 heavy (non-hydrogen) atoms. The molecule has 0 radical (unpaired) electrons. The number of hydrogen-bond donors (Lipinski definition) is 1. The van der Waals surface area contributed by atoms with Gasteiger partial charge in [-0.05, 0) is 18.4 Å². The second-order valence-electron chi connectivity index (χ2n) is 4.19. The van der Waals surface area contributed by atoms with E-state index in [1.807, 2.05) is 6.92 Å². The minimum atomic E-state index is 0.576. The predicted molar refractivity (Wildman–Crippen MR) is 73.6 cm³/mol. The van der Waals surface area contributed by atoms with Gasteiger partial charge in [-0.2, -0.15) is 0 Å². The van der Waals surface area contributed by atoms with Crippen LogP contribution in [0.2, 0.25) is 0 Å². The molecular weight excluding hydrogens is 234 g/mol. The van der Waals surface area contributed by atoms with Crippen LogP contribution in [0.5, 0.6) is 0 Å². The summed E-state index contributed by atoms with van der Waals surface area (Å²) in [6.07, 6.45) is 0. The van der Waals surface area contributed by atoms with Crippen molar-refractivity contribution < 1.29 is 0 Å². The van der Waals surface area contributed by atoms with Gasteiger partial charge in [-0.1, -0.05) is 38.1 Å². The first-order chi connectivity index (χ1) is 7.58. The van der Waals surface area contributed by atoms with Gasteiger partial charge >= 0.3 is 0 Å². The van der Waals surface area contributed by atoms with Crippen molar-refractivity contribution in [2.24, 2.45) is 0 Å². The molecule has 0 bridgehead atoms. The van der Waals surface area contributed by atoms with Crippen LogP contribution in [0, 0.1) is 6.92 Å². The number of aryl methyl sites for hydroxylation is 1. The Morgan fingerprint density at radius 3 is 2.25 bits per heavy atom.